The van der Waals surface area contributed by atoms with Crippen molar-refractivity contribution in [1.82, 2.24) is 10.1 Å². The minimum Gasteiger partial charge on any atom is -0.489 e. The van der Waals surface area contributed by atoms with Crippen molar-refractivity contribution in [2.24, 2.45) is 0 Å². The molecule has 1 atom stereocenters. The van der Waals surface area contributed by atoms with E-state index in [2.05, 4.69) is 15.5 Å². The van der Waals surface area contributed by atoms with Crippen molar-refractivity contribution in [3.05, 3.63) is 24.0 Å². The number of rotatable bonds is 2. The van der Waals surface area contributed by atoms with Crippen LogP contribution in [0, 0.1) is 0 Å². The van der Waals surface area contributed by atoms with Crippen LogP contribution < -0.4 is 10.1 Å². The quantitative estimate of drug-likeness (QED) is 0.906. The summed E-state index contributed by atoms with van der Waals surface area (Å²) in [5.74, 6) is 1.89. The van der Waals surface area contributed by atoms with Crippen LogP contribution in [0.15, 0.2) is 22.7 Å². The van der Waals surface area contributed by atoms with E-state index in [1.165, 1.54) is 0 Å². The molecule has 20 heavy (non-hydrogen) atoms. The smallest absolute Gasteiger partial charge is 0.261 e. The lowest BCUT2D eigenvalue weighted by Gasteiger charge is -2.20. The Morgan fingerprint density at radius 1 is 1.25 bits per heavy atom. The van der Waals surface area contributed by atoms with Crippen LogP contribution in [0.3, 0.4) is 0 Å². The zero-order chi connectivity index (χ0) is 13.4. The standard InChI is InChI=1S/C14H15N3O3/c1-3-9(12-10(4-1)15-6-8-19-12)14-16-13(17-20-14)11-5-2-7-18-11/h1,3-4,11,15H,2,5-8H2. The molecule has 104 valence electrons. The molecule has 4 rings (SSSR count). The molecule has 0 saturated carbocycles. The van der Waals surface area contributed by atoms with Crippen molar-refractivity contribution < 1.29 is 14.0 Å². The number of fused-ring (bicyclic) bond motifs is 1. The number of benzene rings is 1. The lowest BCUT2D eigenvalue weighted by molar-refractivity contribution is 0.103. The Morgan fingerprint density at radius 3 is 3.15 bits per heavy atom. The Balaban J connectivity index is 1.70. The van der Waals surface area contributed by atoms with Crippen LogP contribution >= 0.6 is 0 Å². The Bertz CT molecular complexity index is 620. The molecule has 1 N–H and O–H groups in total. The summed E-state index contributed by atoms with van der Waals surface area (Å²) in [5, 5.41) is 7.33. The molecule has 6 heteroatoms. The van der Waals surface area contributed by atoms with Gasteiger partial charge in [-0.3, -0.25) is 0 Å². The first-order valence-electron chi connectivity index (χ1n) is 6.87. The number of ether oxygens (including phenoxy) is 2. The van der Waals surface area contributed by atoms with Gasteiger partial charge in [0.05, 0.1) is 11.3 Å². The fourth-order valence-corrected chi connectivity index (χ4v) is 2.60. The predicted molar refractivity (Wildman–Crippen MR) is 71.6 cm³/mol. The number of nitrogens with one attached hydrogen (secondary N) is 1. The average molecular weight is 273 g/mol. The zero-order valence-corrected chi connectivity index (χ0v) is 11.0. The molecule has 3 heterocycles. The Kier molecular flexibility index (Phi) is 2.81. The van der Waals surface area contributed by atoms with E-state index >= 15 is 0 Å². The van der Waals surface area contributed by atoms with Crippen molar-refractivity contribution >= 4 is 5.69 Å². The van der Waals surface area contributed by atoms with Gasteiger partial charge in [-0.25, -0.2) is 0 Å². The van der Waals surface area contributed by atoms with Crippen molar-refractivity contribution in [3.63, 3.8) is 0 Å². The van der Waals surface area contributed by atoms with E-state index in [-0.39, 0.29) is 6.10 Å². The van der Waals surface area contributed by atoms with E-state index < -0.39 is 0 Å². The highest BCUT2D eigenvalue weighted by molar-refractivity contribution is 5.74. The molecule has 1 aromatic carbocycles. The molecule has 0 bridgehead atoms. The SMILES string of the molecule is c1cc2c(c(-c3nc(C4CCCO4)no3)c1)OCCN2. The first kappa shape index (κ1) is 11.7. The van der Waals surface area contributed by atoms with Gasteiger partial charge in [-0.1, -0.05) is 11.2 Å². The van der Waals surface area contributed by atoms with Crippen molar-refractivity contribution in [1.29, 1.82) is 0 Å². The van der Waals surface area contributed by atoms with Gasteiger partial charge in [0.2, 0.25) is 5.82 Å². The van der Waals surface area contributed by atoms with E-state index in [4.69, 9.17) is 14.0 Å². The van der Waals surface area contributed by atoms with Crippen LogP contribution in [0.2, 0.25) is 0 Å². The summed E-state index contributed by atoms with van der Waals surface area (Å²) >= 11 is 0. The van der Waals surface area contributed by atoms with Gasteiger partial charge in [-0.15, -0.1) is 0 Å². The van der Waals surface area contributed by atoms with Crippen LogP contribution in [0.5, 0.6) is 5.75 Å². The lowest BCUT2D eigenvalue weighted by atomic mass is 10.1. The monoisotopic (exact) mass is 273 g/mol. The summed E-state index contributed by atoms with van der Waals surface area (Å²) in [5.41, 5.74) is 1.79. The summed E-state index contributed by atoms with van der Waals surface area (Å²) < 4.78 is 16.7. The molecular formula is C14H15N3O3. The van der Waals surface area contributed by atoms with Crippen LogP contribution in [0.4, 0.5) is 5.69 Å². The molecule has 0 aliphatic carbocycles. The van der Waals surface area contributed by atoms with Crippen LogP contribution in [-0.2, 0) is 4.74 Å². The predicted octanol–water partition coefficient (Wildman–Crippen LogP) is 2.39. The van der Waals surface area contributed by atoms with Gasteiger partial charge >= 0.3 is 0 Å². The Morgan fingerprint density at radius 2 is 2.25 bits per heavy atom. The van der Waals surface area contributed by atoms with Gasteiger partial charge in [-0.2, -0.15) is 4.98 Å². The maximum atomic E-state index is 5.72. The highest BCUT2D eigenvalue weighted by atomic mass is 16.5. The zero-order valence-electron chi connectivity index (χ0n) is 11.0. The molecule has 1 unspecified atom stereocenters. The van der Waals surface area contributed by atoms with Crippen LogP contribution in [0.1, 0.15) is 24.8 Å². The molecular weight excluding hydrogens is 258 g/mol. The summed E-state index contributed by atoms with van der Waals surface area (Å²) in [6.07, 6.45) is 1.96. The fraction of sp³-hybridized carbons (Fsp3) is 0.429. The van der Waals surface area contributed by atoms with Crippen molar-refractivity contribution in [2.45, 2.75) is 18.9 Å². The second-order valence-corrected chi connectivity index (χ2v) is 4.92. The van der Waals surface area contributed by atoms with E-state index in [1.54, 1.807) is 0 Å². The number of hydrogen-bond acceptors (Lipinski definition) is 6. The Labute approximate surface area is 116 Å². The molecule has 6 nitrogen and oxygen atoms in total. The highest BCUT2D eigenvalue weighted by Gasteiger charge is 2.25. The molecule has 2 aliphatic rings. The number of nitrogens with zero attached hydrogens (tertiary/aromatic N) is 2. The summed E-state index contributed by atoms with van der Waals surface area (Å²) in [4.78, 5) is 4.46. The average Bonchev–Trinajstić information content (AvgIpc) is 3.17. The van der Waals surface area contributed by atoms with E-state index in [0.717, 1.165) is 43.0 Å². The molecule has 1 fully saturated rings. The number of anilines is 1. The second-order valence-electron chi connectivity index (χ2n) is 4.92. The second kappa shape index (κ2) is 4.79. The topological polar surface area (TPSA) is 69.4 Å². The number of para-hydroxylation sites is 1. The Hall–Kier alpha value is -2.08. The van der Waals surface area contributed by atoms with E-state index in [9.17, 15) is 0 Å². The van der Waals surface area contributed by atoms with Gasteiger partial charge in [-0.05, 0) is 25.0 Å². The molecule has 2 aromatic rings. The first-order chi connectivity index (χ1) is 9.92. The lowest BCUT2D eigenvalue weighted by Crippen LogP contribution is -2.18. The molecule has 1 aromatic heterocycles. The van der Waals surface area contributed by atoms with E-state index in [0.29, 0.717) is 18.3 Å². The number of aromatic nitrogens is 2. The first-order valence-corrected chi connectivity index (χ1v) is 6.87. The molecule has 0 radical (unpaired) electrons. The summed E-state index contributed by atoms with van der Waals surface area (Å²) in [7, 11) is 0. The summed E-state index contributed by atoms with van der Waals surface area (Å²) in [6.45, 7) is 2.21. The van der Waals surface area contributed by atoms with Crippen LogP contribution in [-0.4, -0.2) is 29.9 Å². The van der Waals surface area contributed by atoms with Crippen LogP contribution in [0.25, 0.3) is 11.5 Å². The fourth-order valence-electron chi connectivity index (χ4n) is 2.60. The van der Waals surface area contributed by atoms with Crippen molar-refractivity contribution in [3.8, 4) is 17.2 Å². The third kappa shape index (κ3) is 1.92. The highest BCUT2D eigenvalue weighted by Crippen LogP contribution is 2.38. The van der Waals surface area contributed by atoms with Gasteiger partial charge in [0.25, 0.3) is 5.89 Å². The maximum absolute atomic E-state index is 5.72. The molecule has 1 saturated heterocycles. The van der Waals surface area contributed by atoms with Gasteiger partial charge in [0.15, 0.2) is 5.75 Å². The normalized spacial score (nSPS) is 21.1. The molecule has 0 amide bonds. The van der Waals surface area contributed by atoms with Crippen molar-refractivity contribution in [2.75, 3.05) is 25.1 Å². The minimum absolute atomic E-state index is 0.0360. The molecule has 0 spiro atoms. The third-order valence-electron chi connectivity index (χ3n) is 3.57. The summed E-state index contributed by atoms with van der Waals surface area (Å²) in [6, 6.07) is 5.86. The van der Waals surface area contributed by atoms with Gasteiger partial charge in [0, 0.05) is 13.2 Å². The van der Waals surface area contributed by atoms with Gasteiger partial charge < -0.3 is 19.3 Å². The van der Waals surface area contributed by atoms with E-state index in [1.807, 2.05) is 18.2 Å². The molecule has 2 aliphatic heterocycles. The maximum Gasteiger partial charge on any atom is 0.261 e. The largest absolute Gasteiger partial charge is 0.489 e. The third-order valence-corrected chi connectivity index (χ3v) is 3.57. The minimum atomic E-state index is -0.0360. The van der Waals surface area contributed by atoms with Gasteiger partial charge in [0.1, 0.15) is 12.7 Å². The number of hydrogen-bond donors (Lipinski definition) is 1.